The van der Waals surface area contributed by atoms with Crippen molar-refractivity contribution in [2.75, 3.05) is 45.9 Å². The van der Waals surface area contributed by atoms with Crippen molar-refractivity contribution in [2.45, 2.75) is 50.7 Å². The highest BCUT2D eigenvalue weighted by Gasteiger charge is 2.39. The third kappa shape index (κ3) is 5.25. The van der Waals surface area contributed by atoms with E-state index in [4.69, 9.17) is 9.73 Å². The SMILES string of the molecule is CCNC(=NCC(C)(O)c1ccccc1)NCC1(N2CCCC2)CCOCC1. The van der Waals surface area contributed by atoms with Crippen LogP contribution in [0, 0.1) is 0 Å². The zero-order valence-electron chi connectivity index (χ0n) is 17.4. The lowest BCUT2D eigenvalue weighted by Gasteiger charge is -2.45. The van der Waals surface area contributed by atoms with Gasteiger partial charge in [0, 0.05) is 31.8 Å². The molecule has 1 atom stereocenters. The first-order chi connectivity index (χ1) is 13.6. The Kier molecular flexibility index (Phi) is 7.32. The highest BCUT2D eigenvalue weighted by molar-refractivity contribution is 5.79. The quantitative estimate of drug-likeness (QED) is 0.493. The summed E-state index contributed by atoms with van der Waals surface area (Å²) in [6.45, 7) is 9.86. The van der Waals surface area contributed by atoms with Crippen LogP contribution < -0.4 is 10.6 Å². The molecule has 3 rings (SSSR count). The van der Waals surface area contributed by atoms with Gasteiger partial charge in [-0.2, -0.15) is 0 Å². The fourth-order valence-electron chi connectivity index (χ4n) is 4.26. The van der Waals surface area contributed by atoms with E-state index in [0.717, 1.165) is 50.7 Å². The van der Waals surface area contributed by atoms with Gasteiger partial charge in [0.15, 0.2) is 5.96 Å². The molecule has 2 heterocycles. The van der Waals surface area contributed by atoms with Crippen molar-refractivity contribution in [3.63, 3.8) is 0 Å². The van der Waals surface area contributed by atoms with E-state index < -0.39 is 5.60 Å². The number of nitrogens with one attached hydrogen (secondary N) is 2. The van der Waals surface area contributed by atoms with E-state index in [1.165, 1.54) is 25.9 Å². The fraction of sp³-hybridized carbons (Fsp3) is 0.682. The smallest absolute Gasteiger partial charge is 0.191 e. The second-order valence-corrected chi connectivity index (χ2v) is 8.22. The van der Waals surface area contributed by atoms with Gasteiger partial charge in [-0.1, -0.05) is 30.3 Å². The van der Waals surface area contributed by atoms with Crippen molar-refractivity contribution in [3.05, 3.63) is 35.9 Å². The topological polar surface area (TPSA) is 69.1 Å². The Morgan fingerprint density at radius 1 is 1.18 bits per heavy atom. The number of hydrogen-bond donors (Lipinski definition) is 3. The molecule has 1 aromatic rings. The summed E-state index contributed by atoms with van der Waals surface area (Å²) in [7, 11) is 0. The van der Waals surface area contributed by atoms with Gasteiger partial charge in [-0.25, -0.2) is 4.99 Å². The molecule has 0 amide bonds. The van der Waals surface area contributed by atoms with E-state index in [1.807, 2.05) is 37.3 Å². The summed E-state index contributed by atoms with van der Waals surface area (Å²) < 4.78 is 5.65. The van der Waals surface area contributed by atoms with Gasteiger partial charge in [-0.3, -0.25) is 4.90 Å². The van der Waals surface area contributed by atoms with E-state index in [9.17, 15) is 5.11 Å². The molecule has 156 valence electrons. The maximum Gasteiger partial charge on any atom is 0.191 e. The molecule has 0 aromatic heterocycles. The molecule has 1 aromatic carbocycles. The third-order valence-corrected chi connectivity index (χ3v) is 6.07. The molecule has 2 aliphatic rings. The number of aliphatic hydroxyl groups is 1. The number of benzene rings is 1. The Balaban J connectivity index is 1.66. The number of nitrogens with zero attached hydrogens (tertiary/aromatic N) is 2. The second-order valence-electron chi connectivity index (χ2n) is 8.22. The molecular weight excluding hydrogens is 352 g/mol. The van der Waals surface area contributed by atoms with Crippen molar-refractivity contribution < 1.29 is 9.84 Å². The highest BCUT2D eigenvalue weighted by atomic mass is 16.5. The van der Waals surface area contributed by atoms with Crippen molar-refractivity contribution in [3.8, 4) is 0 Å². The number of likely N-dealkylation sites (tertiary alicyclic amines) is 1. The minimum Gasteiger partial charge on any atom is -0.384 e. The zero-order chi connectivity index (χ0) is 19.9. The Hall–Kier alpha value is -1.63. The second kappa shape index (κ2) is 9.72. The van der Waals surface area contributed by atoms with Crippen LogP contribution in [0.4, 0.5) is 0 Å². The zero-order valence-corrected chi connectivity index (χ0v) is 17.4. The van der Waals surface area contributed by atoms with Crippen LogP contribution in [-0.2, 0) is 10.3 Å². The first-order valence-corrected chi connectivity index (χ1v) is 10.7. The van der Waals surface area contributed by atoms with Gasteiger partial charge in [-0.15, -0.1) is 0 Å². The van der Waals surface area contributed by atoms with Gasteiger partial charge in [0.05, 0.1) is 6.54 Å². The van der Waals surface area contributed by atoms with Crippen LogP contribution in [0.25, 0.3) is 0 Å². The summed E-state index contributed by atoms with van der Waals surface area (Å²) in [6.07, 6.45) is 4.69. The summed E-state index contributed by atoms with van der Waals surface area (Å²) in [5.74, 6) is 0.767. The van der Waals surface area contributed by atoms with E-state index in [2.05, 4.69) is 22.5 Å². The van der Waals surface area contributed by atoms with Crippen molar-refractivity contribution >= 4 is 5.96 Å². The molecule has 6 heteroatoms. The van der Waals surface area contributed by atoms with Crippen LogP contribution >= 0.6 is 0 Å². The first kappa shape index (κ1) is 21.1. The van der Waals surface area contributed by atoms with Gasteiger partial charge >= 0.3 is 0 Å². The van der Waals surface area contributed by atoms with Crippen LogP contribution in [0.1, 0.15) is 45.1 Å². The molecule has 1 unspecified atom stereocenters. The summed E-state index contributed by atoms with van der Waals surface area (Å²) in [4.78, 5) is 7.34. The molecule has 0 bridgehead atoms. The Morgan fingerprint density at radius 3 is 2.50 bits per heavy atom. The number of ether oxygens (including phenoxy) is 1. The molecule has 6 nitrogen and oxygen atoms in total. The average molecular weight is 389 g/mol. The predicted octanol–water partition coefficient (Wildman–Crippen LogP) is 2.09. The maximum absolute atomic E-state index is 10.9. The monoisotopic (exact) mass is 388 g/mol. The van der Waals surface area contributed by atoms with Crippen LogP contribution in [0.2, 0.25) is 0 Å². The number of aliphatic imine (C=N–C) groups is 1. The first-order valence-electron chi connectivity index (χ1n) is 10.7. The molecule has 2 aliphatic heterocycles. The van der Waals surface area contributed by atoms with Gasteiger partial charge in [0.25, 0.3) is 0 Å². The van der Waals surface area contributed by atoms with E-state index in [-0.39, 0.29) is 5.54 Å². The molecule has 0 radical (unpaired) electrons. The summed E-state index contributed by atoms with van der Waals surface area (Å²) in [5.41, 5.74) is 0.0366. The van der Waals surface area contributed by atoms with Crippen molar-refractivity contribution in [1.29, 1.82) is 0 Å². The lowest BCUT2D eigenvalue weighted by atomic mass is 9.88. The Bertz CT molecular complexity index is 621. The fourth-order valence-corrected chi connectivity index (χ4v) is 4.26. The molecule has 2 fully saturated rings. The molecule has 2 saturated heterocycles. The van der Waals surface area contributed by atoms with Crippen LogP contribution in [-0.4, -0.2) is 67.4 Å². The molecule has 0 spiro atoms. The Morgan fingerprint density at radius 2 is 1.86 bits per heavy atom. The summed E-state index contributed by atoms with van der Waals surface area (Å²) >= 11 is 0. The van der Waals surface area contributed by atoms with Gasteiger partial charge in [-0.05, 0) is 58.2 Å². The summed E-state index contributed by atoms with van der Waals surface area (Å²) in [5, 5.41) is 17.8. The lowest BCUT2D eigenvalue weighted by Crippen LogP contribution is -2.58. The normalized spacial score (nSPS) is 22.6. The van der Waals surface area contributed by atoms with E-state index in [1.54, 1.807) is 0 Å². The van der Waals surface area contributed by atoms with Crippen LogP contribution in [0.5, 0.6) is 0 Å². The molecule has 0 aliphatic carbocycles. The maximum atomic E-state index is 10.9. The largest absolute Gasteiger partial charge is 0.384 e. The highest BCUT2D eigenvalue weighted by Crippen LogP contribution is 2.30. The molecule has 28 heavy (non-hydrogen) atoms. The standard InChI is InChI=1S/C22H36N4O2/c1-3-23-20(24-17-21(2,27)19-9-5-4-6-10-19)25-18-22(11-15-28-16-12-22)26-13-7-8-14-26/h4-6,9-10,27H,3,7-8,11-18H2,1-2H3,(H2,23,24,25). The van der Waals surface area contributed by atoms with Gasteiger partial charge < -0.3 is 20.5 Å². The lowest BCUT2D eigenvalue weighted by molar-refractivity contribution is -0.0164. The van der Waals surface area contributed by atoms with Crippen LogP contribution in [0.15, 0.2) is 35.3 Å². The van der Waals surface area contributed by atoms with Crippen molar-refractivity contribution in [2.24, 2.45) is 4.99 Å². The van der Waals surface area contributed by atoms with Crippen molar-refractivity contribution in [1.82, 2.24) is 15.5 Å². The van der Waals surface area contributed by atoms with Gasteiger partial charge in [0.1, 0.15) is 5.60 Å². The molecular formula is C22H36N4O2. The van der Waals surface area contributed by atoms with Crippen LogP contribution in [0.3, 0.4) is 0 Å². The predicted molar refractivity (Wildman–Crippen MR) is 114 cm³/mol. The van der Waals surface area contributed by atoms with Gasteiger partial charge in [0.2, 0.25) is 0 Å². The number of rotatable bonds is 7. The Labute approximate surface area is 169 Å². The minimum absolute atomic E-state index is 0.146. The molecule has 0 saturated carbocycles. The third-order valence-electron chi connectivity index (χ3n) is 6.07. The molecule has 3 N–H and O–H groups in total. The van der Waals surface area contributed by atoms with E-state index >= 15 is 0 Å². The number of hydrogen-bond acceptors (Lipinski definition) is 4. The number of guanidine groups is 1. The minimum atomic E-state index is -0.991. The average Bonchev–Trinajstić information content (AvgIpc) is 3.27. The van der Waals surface area contributed by atoms with E-state index in [0.29, 0.717) is 6.54 Å². The summed E-state index contributed by atoms with van der Waals surface area (Å²) in [6, 6.07) is 9.74.